The smallest absolute Gasteiger partial charge is 0.152 e. The third-order valence-electron chi connectivity index (χ3n) is 5.52. The van der Waals surface area contributed by atoms with Gasteiger partial charge in [0.1, 0.15) is 11.3 Å². The lowest BCUT2D eigenvalue weighted by molar-refractivity contribution is 0.615. The van der Waals surface area contributed by atoms with Crippen LogP contribution in [0.3, 0.4) is 0 Å². The predicted octanol–water partition coefficient (Wildman–Crippen LogP) is 5.34. The molecule has 146 valence electrons. The summed E-state index contributed by atoms with van der Waals surface area (Å²) in [5.74, 6) is -0.248. The van der Waals surface area contributed by atoms with Crippen molar-refractivity contribution in [2.75, 3.05) is 0 Å². The number of benzene rings is 2. The average Bonchev–Trinajstić information content (AvgIpc) is 3.49. The lowest BCUT2D eigenvalue weighted by Crippen LogP contribution is -2.00. The molecule has 4 heterocycles. The SMILES string of the molecule is CCn1c2ccc(F)cc2c2cc(-n3nncc3-c3cnc4ccoc4c3)ccc21. The Morgan fingerprint density at radius 3 is 2.67 bits per heavy atom. The molecular weight excluding hydrogens is 381 g/mol. The first kappa shape index (κ1) is 16.9. The van der Waals surface area contributed by atoms with Gasteiger partial charge in [-0.05, 0) is 49.4 Å². The zero-order valence-electron chi connectivity index (χ0n) is 16.1. The number of nitrogens with zero attached hydrogens (tertiary/aromatic N) is 5. The van der Waals surface area contributed by atoms with Crippen molar-refractivity contribution >= 4 is 32.9 Å². The zero-order valence-corrected chi connectivity index (χ0v) is 16.1. The molecule has 4 aromatic heterocycles. The maximum Gasteiger partial charge on any atom is 0.152 e. The zero-order chi connectivity index (χ0) is 20.2. The van der Waals surface area contributed by atoms with Crippen molar-refractivity contribution in [1.82, 2.24) is 24.5 Å². The van der Waals surface area contributed by atoms with Gasteiger partial charge >= 0.3 is 0 Å². The van der Waals surface area contributed by atoms with Crippen molar-refractivity contribution in [1.29, 1.82) is 0 Å². The summed E-state index contributed by atoms with van der Waals surface area (Å²) < 4.78 is 23.4. The van der Waals surface area contributed by atoms with Crippen LogP contribution in [-0.2, 0) is 6.54 Å². The molecule has 0 saturated heterocycles. The molecule has 0 radical (unpaired) electrons. The third-order valence-corrected chi connectivity index (χ3v) is 5.52. The Bertz CT molecular complexity index is 1560. The number of fused-ring (bicyclic) bond motifs is 4. The Labute approximate surface area is 170 Å². The number of rotatable bonds is 3. The average molecular weight is 397 g/mol. The van der Waals surface area contributed by atoms with Crippen molar-refractivity contribution in [2.24, 2.45) is 0 Å². The molecule has 0 atom stereocenters. The van der Waals surface area contributed by atoms with E-state index >= 15 is 0 Å². The van der Waals surface area contributed by atoms with Crippen LogP contribution in [-0.4, -0.2) is 24.5 Å². The topological polar surface area (TPSA) is 61.7 Å². The first-order valence-corrected chi connectivity index (χ1v) is 9.69. The molecule has 0 amide bonds. The van der Waals surface area contributed by atoms with Gasteiger partial charge in [-0.25, -0.2) is 9.07 Å². The van der Waals surface area contributed by atoms with Crippen LogP contribution in [0, 0.1) is 5.82 Å². The van der Waals surface area contributed by atoms with Gasteiger partial charge in [0.15, 0.2) is 5.58 Å². The molecule has 0 bridgehead atoms. The van der Waals surface area contributed by atoms with E-state index in [4.69, 9.17) is 4.42 Å². The van der Waals surface area contributed by atoms with Crippen LogP contribution in [0.15, 0.2) is 71.6 Å². The fourth-order valence-corrected chi connectivity index (χ4v) is 4.15. The van der Waals surface area contributed by atoms with Crippen LogP contribution in [0.2, 0.25) is 0 Å². The molecule has 0 aliphatic rings. The number of hydrogen-bond acceptors (Lipinski definition) is 4. The second-order valence-electron chi connectivity index (χ2n) is 7.17. The van der Waals surface area contributed by atoms with Gasteiger partial charge in [-0.3, -0.25) is 4.98 Å². The van der Waals surface area contributed by atoms with E-state index < -0.39 is 0 Å². The summed E-state index contributed by atoms with van der Waals surface area (Å²) in [6, 6.07) is 14.7. The monoisotopic (exact) mass is 397 g/mol. The number of hydrogen-bond donors (Lipinski definition) is 0. The molecule has 2 aromatic carbocycles. The van der Waals surface area contributed by atoms with Gasteiger partial charge in [-0.2, -0.15) is 0 Å². The number of aromatic nitrogens is 5. The van der Waals surface area contributed by atoms with Crippen LogP contribution in [0.1, 0.15) is 6.92 Å². The summed E-state index contributed by atoms with van der Waals surface area (Å²) >= 11 is 0. The van der Waals surface area contributed by atoms with Crippen molar-refractivity contribution in [3.63, 3.8) is 0 Å². The van der Waals surface area contributed by atoms with Gasteiger partial charge < -0.3 is 8.98 Å². The Balaban J connectivity index is 1.57. The molecule has 7 heteroatoms. The second-order valence-corrected chi connectivity index (χ2v) is 7.17. The molecule has 0 aliphatic carbocycles. The van der Waals surface area contributed by atoms with Gasteiger partial charge in [0.05, 0.1) is 23.8 Å². The molecular formula is C23H16FN5O. The van der Waals surface area contributed by atoms with Gasteiger partial charge in [0.2, 0.25) is 0 Å². The molecule has 30 heavy (non-hydrogen) atoms. The predicted molar refractivity (Wildman–Crippen MR) is 113 cm³/mol. The van der Waals surface area contributed by atoms with Crippen molar-refractivity contribution in [2.45, 2.75) is 13.5 Å². The highest BCUT2D eigenvalue weighted by Gasteiger charge is 2.15. The van der Waals surface area contributed by atoms with E-state index in [0.717, 1.165) is 50.8 Å². The standard InChI is InChI=1S/C23H16FN5O/c1-2-28-20-5-3-15(24)10-17(20)18-11-16(4-6-21(18)28)29-22(13-26-27-29)14-9-23-19(25-12-14)7-8-30-23/h3-13H,2H2,1H3. The summed E-state index contributed by atoms with van der Waals surface area (Å²) in [5, 5.41) is 10.3. The van der Waals surface area contributed by atoms with Crippen LogP contribution >= 0.6 is 0 Å². The van der Waals surface area contributed by atoms with E-state index in [2.05, 4.69) is 26.8 Å². The molecule has 6 rings (SSSR count). The fraction of sp³-hybridized carbons (Fsp3) is 0.0870. The molecule has 0 aliphatic heterocycles. The molecule has 0 unspecified atom stereocenters. The summed E-state index contributed by atoms with van der Waals surface area (Å²) in [7, 11) is 0. The van der Waals surface area contributed by atoms with E-state index in [0.29, 0.717) is 5.58 Å². The number of furan rings is 1. The molecule has 6 nitrogen and oxygen atoms in total. The van der Waals surface area contributed by atoms with Crippen molar-refractivity contribution in [3.8, 4) is 16.9 Å². The highest BCUT2D eigenvalue weighted by Crippen LogP contribution is 2.32. The Kier molecular flexibility index (Phi) is 3.52. The van der Waals surface area contributed by atoms with Crippen molar-refractivity contribution < 1.29 is 8.81 Å². The van der Waals surface area contributed by atoms with Crippen molar-refractivity contribution in [3.05, 3.63) is 73.0 Å². The van der Waals surface area contributed by atoms with E-state index in [-0.39, 0.29) is 5.82 Å². The fourth-order valence-electron chi connectivity index (χ4n) is 4.15. The first-order valence-electron chi connectivity index (χ1n) is 9.69. The molecule has 0 spiro atoms. The Morgan fingerprint density at radius 1 is 0.967 bits per heavy atom. The maximum absolute atomic E-state index is 14.0. The highest BCUT2D eigenvalue weighted by molar-refractivity contribution is 6.08. The Morgan fingerprint density at radius 2 is 1.80 bits per heavy atom. The minimum absolute atomic E-state index is 0.248. The highest BCUT2D eigenvalue weighted by atomic mass is 19.1. The Hall–Kier alpha value is -4.00. The number of aryl methyl sites for hydroxylation is 1. The number of pyridine rings is 1. The van der Waals surface area contributed by atoms with E-state index in [1.165, 1.54) is 6.07 Å². The van der Waals surface area contributed by atoms with Crippen LogP contribution in [0.5, 0.6) is 0 Å². The summed E-state index contributed by atoms with van der Waals surface area (Å²) in [4.78, 5) is 4.44. The van der Waals surface area contributed by atoms with E-state index in [1.807, 2.05) is 36.4 Å². The normalized spacial score (nSPS) is 11.8. The van der Waals surface area contributed by atoms with Crippen LogP contribution in [0.25, 0.3) is 49.9 Å². The molecule has 6 aromatic rings. The largest absolute Gasteiger partial charge is 0.463 e. The second kappa shape index (κ2) is 6.25. The van der Waals surface area contributed by atoms with Crippen LogP contribution in [0.4, 0.5) is 4.39 Å². The lowest BCUT2D eigenvalue weighted by atomic mass is 10.1. The summed E-state index contributed by atoms with van der Waals surface area (Å²) in [5.41, 5.74) is 6.06. The quantitative estimate of drug-likeness (QED) is 0.404. The third kappa shape index (κ3) is 2.38. The minimum Gasteiger partial charge on any atom is -0.463 e. The summed E-state index contributed by atoms with van der Waals surface area (Å²) in [6.45, 7) is 2.89. The number of halogens is 1. The first-order chi connectivity index (χ1) is 14.7. The molecule has 0 saturated carbocycles. The lowest BCUT2D eigenvalue weighted by Gasteiger charge is -2.07. The maximum atomic E-state index is 14.0. The summed E-state index contributed by atoms with van der Waals surface area (Å²) in [6.07, 6.45) is 5.10. The van der Waals surface area contributed by atoms with E-state index in [1.54, 1.807) is 29.4 Å². The van der Waals surface area contributed by atoms with E-state index in [9.17, 15) is 4.39 Å². The van der Waals surface area contributed by atoms with Gasteiger partial charge in [-0.15, -0.1) is 5.10 Å². The minimum atomic E-state index is -0.248. The molecule has 0 N–H and O–H groups in total. The van der Waals surface area contributed by atoms with Crippen LogP contribution < -0.4 is 0 Å². The van der Waals surface area contributed by atoms with Gasteiger partial charge in [0.25, 0.3) is 0 Å². The van der Waals surface area contributed by atoms with Gasteiger partial charge in [0, 0.05) is 46.2 Å². The molecule has 0 fully saturated rings. The van der Waals surface area contributed by atoms with Gasteiger partial charge in [-0.1, -0.05) is 5.21 Å².